The number of H-pyrrole nitrogens is 1. The van der Waals surface area contributed by atoms with Gasteiger partial charge in [0.05, 0.1) is 5.60 Å². The number of nitrogens with one attached hydrogen (secondary N) is 1. The lowest BCUT2D eigenvalue weighted by Crippen LogP contribution is -2.42. The molecular formula is C12H20N4OS. The van der Waals surface area contributed by atoms with Gasteiger partial charge in [-0.05, 0) is 39.0 Å². The zero-order valence-corrected chi connectivity index (χ0v) is 11.6. The van der Waals surface area contributed by atoms with Crippen LogP contribution in [0, 0.1) is 5.92 Å². The maximum absolute atomic E-state index is 10.5. The molecule has 18 heavy (non-hydrogen) atoms. The highest BCUT2D eigenvalue weighted by atomic mass is 32.2. The highest BCUT2D eigenvalue weighted by Gasteiger charge is 2.39. The number of hydrogen-bond donors (Lipinski definition) is 3. The van der Waals surface area contributed by atoms with E-state index in [1.807, 2.05) is 6.92 Å². The van der Waals surface area contributed by atoms with Gasteiger partial charge in [-0.25, -0.2) is 5.10 Å². The molecule has 1 aliphatic carbocycles. The monoisotopic (exact) mass is 268 g/mol. The highest BCUT2D eigenvalue weighted by Crippen LogP contribution is 2.43. The van der Waals surface area contributed by atoms with E-state index in [0.29, 0.717) is 17.0 Å². The first-order valence-electron chi connectivity index (χ1n) is 6.11. The van der Waals surface area contributed by atoms with E-state index in [9.17, 15) is 5.11 Å². The van der Waals surface area contributed by atoms with Gasteiger partial charge >= 0.3 is 0 Å². The van der Waals surface area contributed by atoms with Gasteiger partial charge in [0.2, 0.25) is 11.1 Å². The molecule has 3 atom stereocenters. The van der Waals surface area contributed by atoms with E-state index in [4.69, 9.17) is 5.73 Å². The Kier molecular flexibility index (Phi) is 3.68. The number of aliphatic hydroxyl groups is 1. The van der Waals surface area contributed by atoms with Gasteiger partial charge in [0.15, 0.2) is 0 Å². The molecule has 0 unspecified atom stereocenters. The van der Waals surface area contributed by atoms with Gasteiger partial charge in [0.25, 0.3) is 0 Å². The summed E-state index contributed by atoms with van der Waals surface area (Å²) in [5.74, 6) is 0.781. The largest absolute Gasteiger partial charge is 0.389 e. The normalized spacial score (nSPS) is 32.4. The number of allylic oxidation sites excluding steroid dienone is 1. The number of hydrogen-bond acceptors (Lipinski definition) is 5. The van der Waals surface area contributed by atoms with Crippen molar-refractivity contribution in [3.8, 4) is 0 Å². The fraction of sp³-hybridized carbons (Fsp3) is 0.667. The molecule has 0 aromatic carbocycles. The summed E-state index contributed by atoms with van der Waals surface area (Å²) in [7, 11) is 0. The average molecular weight is 268 g/mol. The van der Waals surface area contributed by atoms with E-state index in [1.54, 1.807) is 0 Å². The first kappa shape index (κ1) is 13.4. The lowest BCUT2D eigenvalue weighted by molar-refractivity contribution is 0.0193. The van der Waals surface area contributed by atoms with Crippen molar-refractivity contribution in [2.24, 2.45) is 5.92 Å². The van der Waals surface area contributed by atoms with Gasteiger partial charge < -0.3 is 10.8 Å². The van der Waals surface area contributed by atoms with Crippen LogP contribution in [0.2, 0.25) is 0 Å². The molecule has 0 bridgehead atoms. The predicted molar refractivity (Wildman–Crippen MR) is 73.2 cm³/mol. The topological polar surface area (TPSA) is 87.8 Å². The SMILES string of the molecule is C=C(C)[C@@H]1CC[C@@](C)(O)[C@H](Sc2n[nH]c(N)n2)C1. The molecule has 1 heterocycles. The molecule has 1 aromatic heterocycles. The average Bonchev–Trinajstić information content (AvgIpc) is 2.67. The zero-order valence-electron chi connectivity index (χ0n) is 10.8. The smallest absolute Gasteiger partial charge is 0.216 e. The molecule has 5 nitrogen and oxygen atoms in total. The Morgan fingerprint density at radius 3 is 2.94 bits per heavy atom. The third-order valence-electron chi connectivity index (χ3n) is 3.62. The lowest BCUT2D eigenvalue weighted by Gasteiger charge is -2.40. The predicted octanol–water partition coefficient (Wildman–Crippen LogP) is 1.97. The zero-order chi connectivity index (χ0) is 13.3. The quantitative estimate of drug-likeness (QED) is 0.729. The van der Waals surface area contributed by atoms with Crippen LogP contribution < -0.4 is 5.73 Å². The molecular weight excluding hydrogens is 248 g/mol. The molecule has 1 saturated carbocycles. The van der Waals surface area contributed by atoms with Crippen LogP contribution in [-0.4, -0.2) is 31.1 Å². The maximum Gasteiger partial charge on any atom is 0.216 e. The van der Waals surface area contributed by atoms with Crippen molar-refractivity contribution in [1.29, 1.82) is 0 Å². The molecule has 6 heteroatoms. The van der Waals surface area contributed by atoms with Crippen molar-refractivity contribution >= 4 is 17.7 Å². The summed E-state index contributed by atoms with van der Waals surface area (Å²) in [6.07, 6.45) is 2.68. The van der Waals surface area contributed by atoms with Gasteiger partial charge in [0.1, 0.15) is 0 Å². The molecule has 4 N–H and O–H groups in total. The third kappa shape index (κ3) is 2.87. The van der Waals surface area contributed by atoms with Crippen molar-refractivity contribution in [1.82, 2.24) is 15.2 Å². The summed E-state index contributed by atoms with van der Waals surface area (Å²) < 4.78 is 0. The number of rotatable bonds is 3. The Bertz CT molecular complexity index is 443. The summed E-state index contributed by atoms with van der Waals surface area (Å²) in [6.45, 7) is 7.96. The summed E-state index contributed by atoms with van der Waals surface area (Å²) in [5.41, 5.74) is 6.00. The Hall–Kier alpha value is -1.01. The fourth-order valence-corrected chi connectivity index (χ4v) is 3.52. The number of nitrogen functional groups attached to an aromatic ring is 1. The Balaban J connectivity index is 2.09. The number of aromatic nitrogens is 3. The van der Waals surface area contributed by atoms with Crippen LogP contribution >= 0.6 is 11.8 Å². The van der Waals surface area contributed by atoms with Crippen LogP contribution in [0.1, 0.15) is 33.1 Å². The summed E-state index contributed by atoms with van der Waals surface area (Å²) >= 11 is 1.49. The second-order valence-electron chi connectivity index (χ2n) is 5.28. The van der Waals surface area contributed by atoms with Crippen molar-refractivity contribution < 1.29 is 5.11 Å². The molecule has 0 saturated heterocycles. The molecule has 1 aliphatic rings. The molecule has 1 aromatic rings. The van der Waals surface area contributed by atoms with Crippen LogP contribution in [0.25, 0.3) is 0 Å². The Morgan fingerprint density at radius 2 is 2.39 bits per heavy atom. The van der Waals surface area contributed by atoms with Gasteiger partial charge in [-0.1, -0.05) is 23.9 Å². The maximum atomic E-state index is 10.5. The van der Waals surface area contributed by atoms with Crippen LogP contribution in [0.15, 0.2) is 17.3 Å². The van der Waals surface area contributed by atoms with Gasteiger partial charge in [0, 0.05) is 5.25 Å². The molecule has 0 aliphatic heterocycles. The standard InChI is InChI=1S/C12H20N4OS/c1-7(2)8-4-5-12(3,17)9(6-8)18-11-14-10(13)15-16-11/h8-9,17H,1,4-6H2,2-3H3,(H3,13,14,15,16)/t8-,9-,12-/m1/s1. The minimum atomic E-state index is -0.688. The van der Waals surface area contributed by atoms with E-state index < -0.39 is 5.60 Å². The molecule has 100 valence electrons. The second kappa shape index (κ2) is 4.93. The first-order chi connectivity index (χ1) is 8.38. The van der Waals surface area contributed by atoms with E-state index in [1.165, 1.54) is 17.3 Å². The van der Waals surface area contributed by atoms with Crippen molar-refractivity contribution in [3.05, 3.63) is 12.2 Å². The first-order valence-corrected chi connectivity index (χ1v) is 6.99. The lowest BCUT2D eigenvalue weighted by atomic mass is 9.77. The highest BCUT2D eigenvalue weighted by molar-refractivity contribution is 7.99. The number of nitrogens with zero attached hydrogens (tertiary/aromatic N) is 2. The number of aromatic amines is 1. The number of anilines is 1. The minimum Gasteiger partial charge on any atom is -0.389 e. The van der Waals surface area contributed by atoms with Crippen LogP contribution in [0.3, 0.4) is 0 Å². The van der Waals surface area contributed by atoms with Crippen LogP contribution in [0.4, 0.5) is 5.95 Å². The Morgan fingerprint density at radius 1 is 1.67 bits per heavy atom. The van der Waals surface area contributed by atoms with Gasteiger partial charge in [-0.2, -0.15) is 4.98 Å². The third-order valence-corrected chi connectivity index (χ3v) is 5.00. The van der Waals surface area contributed by atoms with E-state index in [2.05, 4.69) is 28.7 Å². The second-order valence-corrected chi connectivity index (χ2v) is 6.45. The summed E-state index contributed by atoms with van der Waals surface area (Å²) in [4.78, 5) is 4.08. The molecule has 0 spiro atoms. The molecule has 1 fully saturated rings. The van der Waals surface area contributed by atoms with Crippen molar-refractivity contribution in [2.75, 3.05) is 5.73 Å². The van der Waals surface area contributed by atoms with E-state index >= 15 is 0 Å². The van der Waals surface area contributed by atoms with E-state index in [0.717, 1.165) is 19.3 Å². The number of thioether (sulfide) groups is 1. The fourth-order valence-electron chi connectivity index (χ4n) is 2.32. The minimum absolute atomic E-state index is 0.0724. The van der Waals surface area contributed by atoms with Crippen LogP contribution in [0.5, 0.6) is 0 Å². The summed E-state index contributed by atoms with van der Waals surface area (Å²) in [5, 5.41) is 17.8. The molecule has 2 rings (SSSR count). The number of nitrogens with two attached hydrogens (primary N) is 1. The summed E-state index contributed by atoms with van der Waals surface area (Å²) in [6, 6.07) is 0. The van der Waals surface area contributed by atoms with E-state index in [-0.39, 0.29) is 5.25 Å². The Labute approximate surface area is 111 Å². The van der Waals surface area contributed by atoms with Gasteiger partial charge in [-0.3, -0.25) is 0 Å². The molecule has 0 amide bonds. The van der Waals surface area contributed by atoms with Crippen molar-refractivity contribution in [3.63, 3.8) is 0 Å². The molecule has 0 radical (unpaired) electrons. The van der Waals surface area contributed by atoms with Crippen LogP contribution in [-0.2, 0) is 0 Å². The van der Waals surface area contributed by atoms with Crippen molar-refractivity contribution in [2.45, 2.75) is 49.1 Å². The van der Waals surface area contributed by atoms with Gasteiger partial charge in [-0.15, -0.1) is 5.10 Å².